The van der Waals surface area contributed by atoms with Gasteiger partial charge < -0.3 is 10.0 Å². The molecular weight excluding hydrogens is 402 g/mol. The third kappa shape index (κ3) is 3.80. The van der Waals surface area contributed by atoms with Gasteiger partial charge in [0.1, 0.15) is 6.67 Å². The highest BCUT2D eigenvalue weighted by Crippen LogP contribution is 2.33. The molecule has 164 valence electrons. The van der Waals surface area contributed by atoms with Gasteiger partial charge in [-0.25, -0.2) is 0 Å². The van der Waals surface area contributed by atoms with Crippen molar-refractivity contribution >= 4 is 5.91 Å². The Kier molecular flexibility index (Phi) is 6.12. The Hall–Kier alpha value is -3.80. The second kappa shape index (κ2) is 9.14. The van der Waals surface area contributed by atoms with E-state index in [1.54, 1.807) is 21.8 Å². The van der Waals surface area contributed by atoms with Gasteiger partial charge in [0.15, 0.2) is 11.4 Å². The van der Waals surface area contributed by atoms with E-state index >= 15 is 0 Å². The molecule has 0 spiro atoms. The second-order valence-electron chi connectivity index (χ2n) is 7.81. The average Bonchev–Trinajstić information content (AvgIpc) is 2.83. The van der Waals surface area contributed by atoms with Crippen molar-refractivity contribution in [2.24, 2.45) is 0 Å². The number of benzene rings is 2. The van der Waals surface area contributed by atoms with Crippen molar-refractivity contribution < 1.29 is 9.90 Å². The molecule has 1 N–H and O–H groups in total. The Morgan fingerprint density at radius 1 is 1.06 bits per heavy atom. The van der Waals surface area contributed by atoms with Gasteiger partial charge in [0, 0.05) is 18.8 Å². The first-order chi connectivity index (χ1) is 15.6. The van der Waals surface area contributed by atoms with E-state index in [2.05, 4.69) is 37.8 Å². The predicted octanol–water partition coefficient (Wildman–Crippen LogP) is 3.83. The highest BCUT2D eigenvalue weighted by molar-refractivity contribution is 5.96. The number of rotatable bonds is 7. The van der Waals surface area contributed by atoms with Crippen molar-refractivity contribution in [1.82, 2.24) is 9.58 Å². The Bertz CT molecular complexity index is 1190. The number of fused-ring (bicyclic) bond motifs is 1. The first kappa shape index (κ1) is 21.4. The summed E-state index contributed by atoms with van der Waals surface area (Å²) in [5.74, 6) is -0.893. The number of aryl methyl sites for hydroxylation is 1. The quantitative estimate of drug-likeness (QED) is 0.580. The van der Waals surface area contributed by atoms with Gasteiger partial charge in [-0.05, 0) is 29.5 Å². The number of hydrogen-bond donors (Lipinski definition) is 1. The van der Waals surface area contributed by atoms with Crippen LogP contribution in [-0.4, -0.2) is 33.8 Å². The number of pyridine rings is 1. The summed E-state index contributed by atoms with van der Waals surface area (Å²) < 4.78 is 1.63. The standard InChI is InChI=1S/C26H27N3O3/c1-3-5-16-27-18-29(28-17-15-22(30)25(31)24(28)26(27)32)23(20-12-7-6-8-13-20)21-14-10-9-11-19(21)4-2/h3,6-15,17,23,31H,1,4-5,16,18H2,2H3. The molecule has 0 radical (unpaired) electrons. The van der Waals surface area contributed by atoms with Crippen LogP contribution < -0.4 is 10.4 Å². The summed E-state index contributed by atoms with van der Waals surface area (Å²) in [6.07, 6.45) is 4.80. The molecule has 0 fully saturated rings. The molecule has 1 aliphatic rings. The summed E-state index contributed by atoms with van der Waals surface area (Å²) in [4.78, 5) is 27.1. The van der Waals surface area contributed by atoms with E-state index in [0.29, 0.717) is 19.6 Å². The lowest BCUT2D eigenvalue weighted by atomic mass is 9.92. The Balaban J connectivity index is 1.95. The van der Waals surface area contributed by atoms with Crippen LogP contribution in [0.1, 0.15) is 46.6 Å². The molecule has 0 saturated carbocycles. The van der Waals surface area contributed by atoms with Crippen LogP contribution in [0, 0.1) is 0 Å². The first-order valence-electron chi connectivity index (χ1n) is 10.8. The van der Waals surface area contributed by atoms with Crippen molar-refractivity contribution in [2.75, 3.05) is 18.2 Å². The van der Waals surface area contributed by atoms with Crippen molar-refractivity contribution in [2.45, 2.75) is 25.8 Å². The molecule has 6 heteroatoms. The summed E-state index contributed by atoms with van der Waals surface area (Å²) in [6, 6.07) is 19.4. The summed E-state index contributed by atoms with van der Waals surface area (Å²) >= 11 is 0. The molecule has 0 bridgehead atoms. The Labute approximate surface area is 187 Å². The molecule has 4 rings (SSSR count). The molecule has 6 nitrogen and oxygen atoms in total. The largest absolute Gasteiger partial charge is 0.502 e. The van der Waals surface area contributed by atoms with Crippen LogP contribution in [0.2, 0.25) is 0 Å². The topological polar surface area (TPSA) is 65.8 Å². The molecule has 1 unspecified atom stereocenters. The lowest BCUT2D eigenvalue weighted by molar-refractivity contribution is 0.0683. The fourth-order valence-corrected chi connectivity index (χ4v) is 4.28. The number of carbonyl (C=O) groups excluding carboxylic acids is 1. The molecule has 2 aromatic carbocycles. The SMILES string of the molecule is C=CCCN1CN(C(c2ccccc2)c2ccccc2CC)n2ccc(=O)c(O)c2C1=O. The third-order valence-electron chi connectivity index (χ3n) is 5.88. The fraction of sp³-hybridized carbons (Fsp3) is 0.231. The minimum absolute atomic E-state index is 0.0114. The zero-order chi connectivity index (χ0) is 22.7. The van der Waals surface area contributed by atoms with Crippen LogP contribution in [0.4, 0.5) is 0 Å². The smallest absolute Gasteiger partial charge is 0.277 e. The van der Waals surface area contributed by atoms with E-state index in [9.17, 15) is 14.7 Å². The van der Waals surface area contributed by atoms with Crippen LogP contribution in [0.25, 0.3) is 0 Å². The summed E-state index contributed by atoms with van der Waals surface area (Å²) in [6.45, 7) is 6.63. The maximum atomic E-state index is 13.2. The van der Waals surface area contributed by atoms with E-state index in [-0.39, 0.29) is 17.6 Å². The number of aromatic hydroxyl groups is 1. The molecule has 0 aliphatic carbocycles. The number of amides is 1. The van der Waals surface area contributed by atoms with Gasteiger partial charge in [-0.3, -0.25) is 19.3 Å². The number of aromatic nitrogens is 1. The summed E-state index contributed by atoms with van der Waals surface area (Å²) in [7, 11) is 0. The molecule has 32 heavy (non-hydrogen) atoms. The van der Waals surface area contributed by atoms with Crippen molar-refractivity contribution in [1.29, 1.82) is 0 Å². The van der Waals surface area contributed by atoms with Gasteiger partial charge >= 0.3 is 0 Å². The van der Waals surface area contributed by atoms with Crippen molar-refractivity contribution in [3.8, 4) is 5.75 Å². The molecule has 1 amide bonds. The van der Waals surface area contributed by atoms with E-state index in [0.717, 1.165) is 17.5 Å². The van der Waals surface area contributed by atoms with Gasteiger partial charge in [0.25, 0.3) is 5.91 Å². The molecule has 1 aromatic heterocycles. The fourth-order valence-electron chi connectivity index (χ4n) is 4.28. The van der Waals surface area contributed by atoms with E-state index < -0.39 is 11.2 Å². The third-order valence-corrected chi connectivity index (χ3v) is 5.88. The van der Waals surface area contributed by atoms with Crippen molar-refractivity contribution in [3.05, 3.63) is 112 Å². The monoisotopic (exact) mass is 429 g/mol. The Morgan fingerprint density at radius 2 is 1.78 bits per heavy atom. The van der Waals surface area contributed by atoms with E-state index in [4.69, 9.17) is 0 Å². The van der Waals surface area contributed by atoms with Crippen LogP contribution >= 0.6 is 0 Å². The van der Waals surface area contributed by atoms with Crippen LogP contribution in [0.15, 0.2) is 84.3 Å². The van der Waals surface area contributed by atoms with Gasteiger partial charge in [-0.2, -0.15) is 0 Å². The highest BCUT2D eigenvalue weighted by atomic mass is 16.3. The lowest BCUT2D eigenvalue weighted by Gasteiger charge is -2.44. The first-order valence-corrected chi connectivity index (χ1v) is 10.8. The van der Waals surface area contributed by atoms with Gasteiger partial charge in [0.2, 0.25) is 5.43 Å². The number of nitrogens with zero attached hydrogens (tertiary/aromatic N) is 3. The minimum Gasteiger partial charge on any atom is -0.502 e. The summed E-state index contributed by atoms with van der Waals surface area (Å²) in [5.41, 5.74) is 2.78. The van der Waals surface area contributed by atoms with Crippen LogP contribution in [0.5, 0.6) is 5.75 Å². The van der Waals surface area contributed by atoms with Gasteiger partial charge in [-0.1, -0.05) is 67.6 Å². The molecule has 2 heterocycles. The zero-order valence-corrected chi connectivity index (χ0v) is 18.1. The van der Waals surface area contributed by atoms with Crippen LogP contribution in [0.3, 0.4) is 0 Å². The zero-order valence-electron chi connectivity index (χ0n) is 18.1. The van der Waals surface area contributed by atoms with Crippen molar-refractivity contribution in [3.63, 3.8) is 0 Å². The van der Waals surface area contributed by atoms with Gasteiger partial charge in [-0.15, -0.1) is 6.58 Å². The van der Waals surface area contributed by atoms with E-state index in [1.807, 2.05) is 35.3 Å². The molecular formula is C26H27N3O3. The molecule has 0 saturated heterocycles. The maximum absolute atomic E-state index is 13.2. The summed E-state index contributed by atoms with van der Waals surface area (Å²) in [5, 5.41) is 12.6. The second-order valence-corrected chi connectivity index (χ2v) is 7.81. The molecule has 1 aliphatic heterocycles. The highest BCUT2D eigenvalue weighted by Gasteiger charge is 2.36. The Morgan fingerprint density at radius 3 is 2.50 bits per heavy atom. The van der Waals surface area contributed by atoms with Crippen LogP contribution in [-0.2, 0) is 6.42 Å². The maximum Gasteiger partial charge on any atom is 0.277 e. The number of hydrogen-bond acceptors (Lipinski definition) is 4. The minimum atomic E-state index is -0.569. The molecule has 1 atom stereocenters. The number of carbonyl (C=O) groups is 1. The normalized spacial score (nSPS) is 14.2. The average molecular weight is 430 g/mol. The predicted molar refractivity (Wildman–Crippen MR) is 125 cm³/mol. The van der Waals surface area contributed by atoms with E-state index in [1.165, 1.54) is 11.6 Å². The van der Waals surface area contributed by atoms with Gasteiger partial charge in [0.05, 0.1) is 6.04 Å². The molecule has 3 aromatic rings. The lowest BCUT2D eigenvalue weighted by Crippen LogP contribution is -2.55.